The number of ether oxygens (including phenoxy) is 3. The van der Waals surface area contributed by atoms with Gasteiger partial charge in [-0.1, -0.05) is 13.8 Å². The first-order valence-corrected chi connectivity index (χ1v) is 9.85. The number of benzene rings is 1. The summed E-state index contributed by atoms with van der Waals surface area (Å²) in [5, 5.41) is 3.59. The second-order valence-corrected chi connectivity index (χ2v) is 7.95. The van der Waals surface area contributed by atoms with Crippen molar-refractivity contribution < 1.29 is 28.7 Å². The summed E-state index contributed by atoms with van der Waals surface area (Å²) in [4.78, 5) is 29.4. The second-order valence-electron chi connectivity index (χ2n) is 7.95. The van der Waals surface area contributed by atoms with Crippen LogP contribution in [-0.4, -0.2) is 57.8 Å². The lowest BCUT2D eigenvalue weighted by Gasteiger charge is -2.31. The summed E-state index contributed by atoms with van der Waals surface area (Å²) in [5.74, 6) is 1.53. The van der Waals surface area contributed by atoms with Crippen molar-refractivity contribution in [2.75, 3.05) is 46.3 Å². The number of H-pyrrole nitrogens is 1. The number of anilines is 1. The average Bonchev–Trinajstić information content (AvgIpc) is 3.02. The van der Waals surface area contributed by atoms with E-state index < -0.39 is 5.97 Å². The number of carbonyl (C=O) groups is 2. The van der Waals surface area contributed by atoms with Gasteiger partial charge in [-0.25, -0.2) is 4.79 Å². The van der Waals surface area contributed by atoms with E-state index in [0.717, 1.165) is 13.1 Å². The molecule has 0 unspecified atom stereocenters. The van der Waals surface area contributed by atoms with Crippen molar-refractivity contribution in [2.24, 2.45) is 11.8 Å². The highest BCUT2D eigenvalue weighted by Crippen LogP contribution is 2.37. The molecule has 158 valence electrons. The summed E-state index contributed by atoms with van der Waals surface area (Å²) in [6.07, 6.45) is 1.20. The van der Waals surface area contributed by atoms with Gasteiger partial charge in [0.2, 0.25) is 0 Å². The molecule has 29 heavy (non-hydrogen) atoms. The van der Waals surface area contributed by atoms with E-state index in [4.69, 9.17) is 14.2 Å². The molecule has 1 aliphatic heterocycles. The molecule has 1 aromatic heterocycles. The third-order valence-electron chi connectivity index (χ3n) is 5.45. The summed E-state index contributed by atoms with van der Waals surface area (Å²) in [5.41, 5.74) is 1.24. The number of amides is 1. The van der Waals surface area contributed by atoms with Crippen LogP contribution < -0.4 is 19.7 Å². The summed E-state index contributed by atoms with van der Waals surface area (Å²) >= 11 is 0. The fourth-order valence-electron chi connectivity index (χ4n) is 4.38. The predicted molar refractivity (Wildman–Crippen MR) is 110 cm³/mol. The predicted octanol–water partition coefficient (Wildman–Crippen LogP) is 1.47. The Kier molecular flexibility index (Phi) is 6.32. The Hall–Kier alpha value is -2.74. The number of hydrogen-bond acceptors (Lipinski definition) is 5. The Bertz CT molecular complexity index is 897. The van der Waals surface area contributed by atoms with Gasteiger partial charge in [0.1, 0.15) is 5.69 Å². The topological polar surface area (TPSA) is 94.1 Å². The Morgan fingerprint density at radius 2 is 1.72 bits per heavy atom. The molecule has 1 amide bonds. The van der Waals surface area contributed by atoms with Crippen molar-refractivity contribution in [2.45, 2.75) is 20.3 Å². The largest absolute Gasteiger partial charge is 0.493 e. The Labute approximate surface area is 170 Å². The number of methoxy groups -OCH3 is 3. The van der Waals surface area contributed by atoms with Gasteiger partial charge in [-0.15, -0.1) is 0 Å². The van der Waals surface area contributed by atoms with Crippen LogP contribution in [0.5, 0.6) is 11.5 Å². The average molecular weight is 404 g/mol. The third kappa shape index (κ3) is 4.48. The number of rotatable bonds is 6. The summed E-state index contributed by atoms with van der Waals surface area (Å²) in [6.45, 7) is 6.75. The van der Waals surface area contributed by atoms with Gasteiger partial charge in [-0.3, -0.25) is 4.79 Å². The molecule has 3 N–H and O–H groups in total. The third-order valence-corrected chi connectivity index (χ3v) is 5.45. The molecular weight excluding hydrogens is 374 g/mol. The fraction of sp³-hybridized carbons (Fsp3) is 0.524. The molecule has 2 heterocycles. The molecule has 1 saturated heterocycles. The first kappa shape index (κ1) is 21.0. The minimum absolute atomic E-state index is 0.137. The zero-order valence-electron chi connectivity index (χ0n) is 17.7. The molecule has 1 aromatic carbocycles. The summed E-state index contributed by atoms with van der Waals surface area (Å²) in [6, 6.07) is 3.47. The van der Waals surface area contributed by atoms with Gasteiger partial charge in [0.25, 0.3) is 5.91 Å². The van der Waals surface area contributed by atoms with Gasteiger partial charge in [0.05, 0.1) is 45.6 Å². The van der Waals surface area contributed by atoms with E-state index in [9.17, 15) is 9.59 Å². The molecule has 8 nitrogen and oxygen atoms in total. The minimum Gasteiger partial charge on any atom is -0.493 e. The molecular formula is C21H30N3O5+. The number of hydrogen-bond donors (Lipinski definition) is 3. The van der Waals surface area contributed by atoms with Crippen LogP contribution >= 0.6 is 0 Å². The normalized spacial score (nSPS) is 21.6. The van der Waals surface area contributed by atoms with E-state index in [1.165, 1.54) is 25.5 Å². The van der Waals surface area contributed by atoms with E-state index in [-0.39, 0.29) is 11.6 Å². The Morgan fingerprint density at radius 1 is 1.10 bits per heavy atom. The van der Waals surface area contributed by atoms with Crippen molar-refractivity contribution >= 4 is 28.5 Å². The van der Waals surface area contributed by atoms with E-state index >= 15 is 0 Å². The quantitative estimate of drug-likeness (QED) is 0.634. The SMILES string of the molecule is COC(=O)c1[nH]c2cc(OC)c(OC)cc2c1NC(=O)C[NH+]1C[C@@H](C)C[C@H](C)C1. The van der Waals surface area contributed by atoms with Crippen LogP contribution in [0, 0.1) is 11.8 Å². The Balaban J connectivity index is 1.91. The van der Waals surface area contributed by atoms with Crippen LogP contribution in [0.1, 0.15) is 30.8 Å². The maximum absolute atomic E-state index is 12.8. The van der Waals surface area contributed by atoms with E-state index in [2.05, 4.69) is 24.1 Å². The molecule has 8 heteroatoms. The number of piperidine rings is 1. The number of nitrogens with one attached hydrogen (secondary N) is 3. The minimum atomic E-state index is -0.554. The number of esters is 1. The molecule has 0 saturated carbocycles. The lowest BCUT2D eigenvalue weighted by Crippen LogP contribution is -3.15. The first-order valence-electron chi connectivity index (χ1n) is 9.85. The van der Waals surface area contributed by atoms with Crippen molar-refractivity contribution in [3.63, 3.8) is 0 Å². The molecule has 0 spiro atoms. The van der Waals surface area contributed by atoms with Gasteiger partial charge in [0.15, 0.2) is 18.0 Å². The molecule has 0 bridgehead atoms. The van der Waals surface area contributed by atoms with Gasteiger partial charge < -0.3 is 29.4 Å². The summed E-state index contributed by atoms with van der Waals surface area (Å²) < 4.78 is 15.6. The number of quaternary nitrogens is 1. The van der Waals surface area contributed by atoms with Crippen LogP contribution in [0.2, 0.25) is 0 Å². The van der Waals surface area contributed by atoms with Crippen LogP contribution in [0.4, 0.5) is 5.69 Å². The van der Waals surface area contributed by atoms with Crippen molar-refractivity contribution in [1.29, 1.82) is 0 Å². The van der Waals surface area contributed by atoms with E-state index in [1.54, 1.807) is 19.2 Å². The molecule has 0 radical (unpaired) electrons. The molecule has 1 aliphatic rings. The number of fused-ring (bicyclic) bond motifs is 1. The molecule has 2 atom stereocenters. The maximum Gasteiger partial charge on any atom is 0.356 e. The standard InChI is InChI=1S/C21H29N3O5/c1-12-6-13(2)10-24(9-12)11-18(25)23-19-14-7-16(27-3)17(28-4)8-15(14)22-20(19)21(26)29-5/h7-8,12-13,22H,6,9-11H2,1-5H3,(H,23,25)/p+1/t12-,13-/m0/s1. The first-order chi connectivity index (χ1) is 13.9. The van der Waals surface area contributed by atoms with E-state index in [1.807, 2.05) is 0 Å². The summed E-state index contributed by atoms with van der Waals surface area (Å²) in [7, 11) is 4.39. The highest BCUT2D eigenvalue weighted by Gasteiger charge is 2.28. The number of aromatic amines is 1. The second kappa shape index (κ2) is 8.73. The molecule has 2 aromatic rings. The number of carbonyl (C=O) groups excluding carboxylic acids is 2. The van der Waals surface area contributed by atoms with Crippen molar-refractivity contribution in [3.8, 4) is 11.5 Å². The lowest BCUT2D eigenvalue weighted by molar-refractivity contribution is -0.904. The molecule has 0 aliphatic carbocycles. The lowest BCUT2D eigenvalue weighted by atomic mass is 9.92. The smallest absolute Gasteiger partial charge is 0.356 e. The highest BCUT2D eigenvalue weighted by atomic mass is 16.5. The molecule has 3 rings (SSSR count). The Morgan fingerprint density at radius 3 is 2.31 bits per heavy atom. The van der Waals surface area contributed by atoms with Gasteiger partial charge >= 0.3 is 5.97 Å². The number of likely N-dealkylation sites (tertiary alicyclic amines) is 1. The van der Waals surface area contributed by atoms with Gasteiger partial charge in [-0.05, 0) is 12.5 Å². The van der Waals surface area contributed by atoms with Crippen molar-refractivity contribution in [3.05, 3.63) is 17.8 Å². The van der Waals surface area contributed by atoms with Crippen LogP contribution in [0.25, 0.3) is 10.9 Å². The van der Waals surface area contributed by atoms with Gasteiger partial charge in [-0.2, -0.15) is 0 Å². The van der Waals surface area contributed by atoms with Crippen molar-refractivity contribution in [1.82, 2.24) is 4.98 Å². The highest BCUT2D eigenvalue weighted by molar-refractivity contribution is 6.11. The molecule has 1 fully saturated rings. The zero-order chi connectivity index (χ0) is 21.1. The van der Waals surface area contributed by atoms with Crippen LogP contribution in [0.15, 0.2) is 12.1 Å². The monoisotopic (exact) mass is 404 g/mol. The van der Waals surface area contributed by atoms with Crippen LogP contribution in [0.3, 0.4) is 0 Å². The zero-order valence-corrected chi connectivity index (χ0v) is 17.7. The fourth-order valence-corrected chi connectivity index (χ4v) is 4.38. The number of aromatic nitrogens is 1. The maximum atomic E-state index is 12.8. The van der Waals surface area contributed by atoms with Gasteiger partial charge in [0, 0.05) is 23.3 Å². The van der Waals surface area contributed by atoms with E-state index in [0.29, 0.717) is 46.5 Å². The van der Waals surface area contributed by atoms with Crippen LogP contribution in [-0.2, 0) is 9.53 Å².